The lowest BCUT2D eigenvalue weighted by molar-refractivity contribution is -0.148. The number of nitrogens with two attached hydrogens (primary N) is 1. The van der Waals surface area contributed by atoms with Gasteiger partial charge in [0.1, 0.15) is 0 Å². The van der Waals surface area contributed by atoms with Crippen LogP contribution in [-0.2, 0) is 16.0 Å². The summed E-state index contributed by atoms with van der Waals surface area (Å²) in [5.74, 6) is 1.56. The highest BCUT2D eigenvalue weighted by Gasteiger charge is 2.32. The minimum Gasteiger partial charge on any atom is -0.466 e. The molecule has 0 amide bonds. The van der Waals surface area contributed by atoms with Gasteiger partial charge in [-0.15, -0.1) is 0 Å². The quantitative estimate of drug-likeness (QED) is 0.643. The number of nitrogens with one attached hydrogen (secondary N) is 1. The Balaban J connectivity index is 0.000000774. The molecule has 0 saturated heterocycles. The number of fused-ring (bicyclic) bond motifs is 3. The number of hydrogen-bond acceptors (Lipinski definition) is 3. The van der Waals surface area contributed by atoms with Crippen LogP contribution in [0.5, 0.6) is 0 Å². The Morgan fingerprint density at radius 3 is 2.86 bits per heavy atom. The highest BCUT2D eigenvalue weighted by atomic mass is 79.9. The van der Waals surface area contributed by atoms with Crippen LogP contribution in [0.15, 0.2) is 24.3 Å². The van der Waals surface area contributed by atoms with Crippen LogP contribution in [0.4, 0.5) is 0 Å². The summed E-state index contributed by atoms with van der Waals surface area (Å²) in [6.45, 7) is 2.25. The maximum absolute atomic E-state index is 11.9. The van der Waals surface area contributed by atoms with Crippen LogP contribution in [-0.4, -0.2) is 23.4 Å². The van der Waals surface area contributed by atoms with Crippen molar-refractivity contribution in [1.82, 2.24) is 4.98 Å². The molecule has 2 atom stereocenters. The Kier molecular flexibility index (Phi) is 5.42. The smallest absolute Gasteiger partial charge is 0.309 e. The van der Waals surface area contributed by atoms with Crippen molar-refractivity contribution in [3.63, 3.8) is 0 Å². The van der Waals surface area contributed by atoms with Gasteiger partial charge in [-0.1, -0.05) is 34.1 Å². The first kappa shape index (κ1) is 16.0. The number of carbonyl (C=O) groups is 1. The molecule has 0 spiro atoms. The Hall–Kier alpha value is -1.33. The maximum atomic E-state index is 11.9. The molecule has 3 rings (SSSR count). The first-order valence-corrected chi connectivity index (χ1v) is 8.68. The van der Waals surface area contributed by atoms with Crippen molar-refractivity contribution in [2.75, 3.05) is 12.4 Å². The molecule has 0 aliphatic heterocycles. The van der Waals surface area contributed by atoms with Crippen LogP contribution in [0.25, 0.3) is 10.9 Å². The standard InChI is InChI=1S/C15H18N2O2.CH3Br/c1-2-19-15(18)9-7-11-10-5-3-4-6-13(10)17-14(11)12(16)8-9;1-2/h3-6,9,12,17H,2,7-8,16H2,1H3;1H3. The molecule has 0 bridgehead atoms. The number of benzene rings is 1. The van der Waals surface area contributed by atoms with Gasteiger partial charge in [0.15, 0.2) is 0 Å². The van der Waals surface area contributed by atoms with E-state index in [2.05, 4.69) is 27.0 Å². The Morgan fingerprint density at radius 2 is 2.14 bits per heavy atom. The highest BCUT2D eigenvalue weighted by Crippen LogP contribution is 2.36. The van der Waals surface area contributed by atoms with E-state index in [1.807, 2.05) is 31.0 Å². The SMILES string of the molecule is CBr.CCOC(=O)C1Cc2c([nH]c3ccccc23)C(N)C1. The lowest BCUT2D eigenvalue weighted by Gasteiger charge is -2.25. The molecule has 1 aromatic carbocycles. The van der Waals surface area contributed by atoms with E-state index in [1.54, 1.807) is 0 Å². The number of para-hydroxylation sites is 1. The number of H-pyrrole nitrogens is 1. The van der Waals surface area contributed by atoms with E-state index in [4.69, 9.17) is 10.5 Å². The fourth-order valence-electron chi connectivity index (χ4n) is 2.95. The Bertz CT molecular complexity index is 624. The van der Waals surface area contributed by atoms with E-state index >= 15 is 0 Å². The molecule has 3 N–H and O–H groups in total. The van der Waals surface area contributed by atoms with E-state index in [1.165, 1.54) is 10.9 Å². The van der Waals surface area contributed by atoms with E-state index in [0.29, 0.717) is 19.4 Å². The third-order valence-electron chi connectivity index (χ3n) is 3.83. The summed E-state index contributed by atoms with van der Waals surface area (Å²) in [7, 11) is 0. The van der Waals surface area contributed by atoms with Crippen LogP contribution in [0.2, 0.25) is 0 Å². The largest absolute Gasteiger partial charge is 0.466 e. The molecule has 1 aliphatic rings. The zero-order valence-electron chi connectivity index (χ0n) is 12.4. The number of carbonyl (C=O) groups excluding carboxylic acids is 1. The lowest BCUT2D eigenvalue weighted by Crippen LogP contribution is -2.30. The summed E-state index contributed by atoms with van der Waals surface area (Å²) in [6.07, 6.45) is 1.37. The van der Waals surface area contributed by atoms with Gasteiger partial charge in [-0.05, 0) is 37.2 Å². The van der Waals surface area contributed by atoms with E-state index in [0.717, 1.165) is 11.2 Å². The molecule has 1 aliphatic carbocycles. The molecule has 2 unspecified atom stereocenters. The van der Waals surface area contributed by atoms with Crippen LogP contribution >= 0.6 is 15.9 Å². The summed E-state index contributed by atoms with van der Waals surface area (Å²) in [5.41, 5.74) is 9.53. The second-order valence-electron chi connectivity index (χ2n) is 5.06. The van der Waals surface area contributed by atoms with Crippen molar-refractivity contribution in [2.45, 2.75) is 25.8 Å². The summed E-state index contributed by atoms with van der Waals surface area (Å²) in [4.78, 5) is 15.3. The molecule has 2 aromatic rings. The van der Waals surface area contributed by atoms with Crippen molar-refractivity contribution in [1.29, 1.82) is 0 Å². The molecular formula is C16H21BrN2O2. The van der Waals surface area contributed by atoms with Gasteiger partial charge in [0, 0.05) is 22.6 Å². The second-order valence-corrected chi connectivity index (χ2v) is 5.06. The van der Waals surface area contributed by atoms with E-state index in [9.17, 15) is 4.79 Å². The predicted octanol–water partition coefficient (Wildman–Crippen LogP) is 3.30. The number of alkyl halides is 1. The van der Waals surface area contributed by atoms with Crippen LogP contribution < -0.4 is 5.73 Å². The van der Waals surface area contributed by atoms with Crippen molar-refractivity contribution in [3.8, 4) is 0 Å². The maximum Gasteiger partial charge on any atom is 0.309 e. The van der Waals surface area contributed by atoms with E-state index in [-0.39, 0.29) is 17.9 Å². The zero-order chi connectivity index (χ0) is 15.4. The number of esters is 1. The first-order valence-electron chi connectivity index (χ1n) is 7.10. The van der Waals surface area contributed by atoms with Crippen molar-refractivity contribution in [3.05, 3.63) is 35.5 Å². The monoisotopic (exact) mass is 352 g/mol. The Morgan fingerprint density at radius 1 is 1.43 bits per heavy atom. The average Bonchev–Trinajstić information content (AvgIpc) is 2.89. The van der Waals surface area contributed by atoms with Gasteiger partial charge >= 0.3 is 5.97 Å². The first-order chi connectivity index (χ1) is 10.2. The molecule has 21 heavy (non-hydrogen) atoms. The summed E-state index contributed by atoms with van der Waals surface area (Å²) in [6, 6.07) is 8.00. The van der Waals surface area contributed by atoms with Crippen LogP contribution in [0.1, 0.15) is 30.6 Å². The molecule has 0 saturated carbocycles. The highest BCUT2D eigenvalue weighted by molar-refractivity contribution is 9.08. The molecule has 1 heterocycles. The Labute approximate surface area is 133 Å². The van der Waals surface area contributed by atoms with Gasteiger partial charge < -0.3 is 15.5 Å². The third-order valence-corrected chi connectivity index (χ3v) is 3.83. The summed E-state index contributed by atoms with van der Waals surface area (Å²) < 4.78 is 5.13. The minimum atomic E-state index is -0.131. The topological polar surface area (TPSA) is 68.1 Å². The lowest BCUT2D eigenvalue weighted by atomic mass is 9.84. The van der Waals surface area contributed by atoms with E-state index < -0.39 is 0 Å². The van der Waals surface area contributed by atoms with Gasteiger partial charge in [-0.3, -0.25) is 4.79 Å². The number of aromatic nitrogens is 1. The summed E-state index contributed by atoms with van der Waals surface area (Å²) >= 11 is 2.94. The van der Waals surface area contributed by atoms with Crippen LogP contribution in [0.3, 0.4) is 0 Å². The fraction of sp³-hybridized carbons (Fsp3) is 0.438. The van der Waals surface area contributed by atoms with Crippen molar-refractivity contribution < 1.29 is 9.53 Å². The normalized spacial score (nSPS) is 20.4. The van der Waals surface area contributed by atoms with Gasteiger partial charge in [0.25, 0.3) is 0 Å². The summed E-state index contributed by atoms with van der Waals surface area (Å²) in [5, 5.41) is 1.17. The number of hydrogen-bond donors (Lipinski definition) is 2. The zero-order valence-corrected chi connectivity index (χ0v) is 13.9. The number of ether oxygens (including phenoxy) is 1. The fourth-order valence-corrected chi connectivity index (χ4v) is 2.95. The molecular weight excluding hydrogens is 332 g/mol. The minimum absolute atomic E-state index is 0.120. The van der Waals surface area contributed by atoms with Gasteiger partial charge in [0.2, 0.25) is 0 Å². The number of halogens is 1. The average molecular weight is 353 g/mol. The molecule has 4 nitrogen and oxygen atoms in total. The number of rotatable bonds is 2. The van der Waals surface area contributed by atoms with Gasteiger partial charge in [-0.25, -0.2) is 0 Å². The second kappa shape index (κ2) is 7.09. The molecule has 1 aromatic heterocycles. The van der Waals surface area contributed by atoms with Crippen molar-refractivity contribution >= 4 is 32.8 Å². The molecule has 0 radical (unpaired) electrons. The van der Waals surface area contributed by atoms with Gasteiger partial charge in [0.05, 0.1) is 12.5 Å². The van der Waals surface area contributed by atoms with Crippen LogP contribution in [0, 0.1) is 5.92 Å². The van der Waals surface area contributed by atoms with Crippen molar-refractivity contribution in [2.24, 2.45) is 11.7 Å². The molecule has 5 heteroatoms. The molecule has 114 valence electrons. The predicted molar refractivity (Wildman–Crippen MR) is 88.5 cm³/mol. The number of aromatic amines is 1. The third kappa shape index (κ3) is 3.14. The van der Waals surface area contributed by atoms with Gasteiger partial charge in [-0.2, -0.15) is 0 Å². The molecule has 0 fully saturated rings.